The minimum atomic E-state index is 0. The standard InChI is InChI=1S/C6H5N3.CH4/c1-2-5-4-8-9-6(5)7-3-1;/h1-4H,(H,7,8,9);1H4. The maximum absolute atomic E-state index is 4.02. The summed E-state index contributed by atoms with van der Waals surface area (Å²) in [6.45, 7) is 0. The highest BCUT2D eigenvalue weighted by Crippen LogP contribution is 2.03. The lowest BCUT2D eigenvalue weighted by molar-refractivity contribution is 1.10. The second-order valence-electron chi connectivity index (χ2n) is 1.81. The summed E-state index contributed by atoms with van der Waals surface area (Å²) in [5.41, 5.74) is 0.845. The molecule has 0 aliphatic rings. The van der Waals surface area contributed by atoms with Crippen LogP contribution in [0.4, 0.5) is 0 Å². The first-order valence-electron chi connectivity index (χ1n) is 2.71. The highest BCUT2D eigenvalue weighted by molar-refractivity contribution is 5.72. The van der Waals surface area contributed by atoms with Gasteiger partial charge in [0.25, 0.3) is 0 Å². The second kappa shape index (κ2) is 2.47. The molecular weight excluding hydrogens is 126 g/mol. The van der Waals surface area contributed by atoms with Crippen molar-refractivity contribution in [3.8, 4) is 0 Å². The molecule has 0 fully saturated rings. The third kappa shape index (κ3) is 0.857. The van der Waals surface area contributed by atoms with E-state index in [1.165, 1.54) is 0 Å². The van der Waals surface area contributed by atoms with Crippen molar-refractivity contribution in [3.63, 3.8) is 0 Å². The topological polar surface area (TPSA) is 41.6 Å². The summed E-state index contributed by atoms with van der Waals surface area (Å²) in [5, 5.41) is 7.63. The Kier molecular flexibility index (Phi) is 1.67. The number of rotatable bonds is 0. The summed E-state index contributed by atoms with van der Waals surface area (Å²) in [6, 6.07) is 3.85. The van der Waals surface area contributed by atoms with Crippen molar-refractivity contribution in [1.29, 1.82) is 0 Å². The van der Waals surface area contributed by atoms with Gasteiger partial charge in [0.1, 0.15) is 0 Å². The molecule has 1 N–H and O–H groups in total. The Morgan fingerprint density at radius 1 is 1.40 bits per heavy atom. The number of hydrogen-bond donors (Lipinski definition) is 1. The van der Waals surface area contributed by atoms with Crippen LogP contribution in [-0.2, 0) is 0 Å². The molecule has 0 amide bonds. The predicted octanol–water partition coefficient (Wildman–Crippen LogP) is 1.59. The Morgan fingerprint density at radius 2 is 2.30 bits per heavy atom. The highest BCUT2D eigenvalue weighted by Gasteiger charge is 1.89. The van der Waals surface area contributed by atoms with Crippen molar-refractivity contribution < 1.29 is 0 Å². The molecule has 0 radical (unpaired) electrons. The van der Waals surface area contributed by atoms with Gasteiger partial charge in [-0.15, -0.1) is 0 Å². The van der Waals surface area contributed by atoms with E-state index < -0.39 is 0 Å². The van der Waals surface area contributed by atoms with Crippen LogP contribution < -0.4 is 0 Å². The van der Waals surface area contributed by atoms with E-state index in [9.17, 15) is 0 Å². The van der Waals surface area contributed by atoms with Crippen molar-refractivity contribution in [1.82, 2.24) is 15.2 Å². The fourth-order valence-corrected chi connectivity index (χ4v) is 0.778. The summed E-state index contributed by atoms with van der Waals surface area (Å²) in [6.07, 6.45) is 3.49. The Hall–Kier alpha value is -1.38. The number of aromatic nitrogens is 3. The number of hydrogen-bond acceptors (Lipinski definition) is 2. The van der Waals surface area contributed by atoms with Crippen LogP contribution in [0.15, 0.2) is 24.5 Å². The van der Waals surface area contributed by atoms with Crippen LogP contribution in [0.25, 0.3) is 11.0 Å². The lowest BCUT2D eigenvalue weighted by Gasteiger charge is -1.80. The van der Waals surface area contributed by atoms with E-state index in [-0.39, 0.29) is 7.43 Å². The Bertz CT molecular complexity index is 283. The number of aromatic amines is 1. The molecule has 2 aromatic heterocycles. The molecule has 0 spiro atoms. The maximum atomic E-state index is 4.02. The van der Waals surface area contributed by atoms with E-state index in [1.807, 2.05) is 12.1 Å². The molecule has 0 unspecified atom stereocenters. The fourth-order valence-electron chi connectivity index (χ4n) is 0.778. The molecule has 52 valence electrons. The van der Waals surface area contributed by atoms with Gasteiger partial charge in [-0.25, -0.2) is 4.98 Å². The van der Waals surface area contributed by atoms with Gasteiger partial charge in [-0.2, -0.15) is 5.10 Å². The molecule has 0 aliphatic carbocycles. The Morgan fingerprint density at radius 3 is 3.10 bits per heavy atom. The first kappa shape index (κ1) is 6.74. The molecule has 3 nitrogen and oxygen atoms in total. The van der Waals surface area contributed by atoms with Gasteiger partial charge in [0, 0.05) is 11.6 Å². The minimum Gasteiger partial charge on any atom is -0.261 e. The molecule has 0 bridgehead atoms. The quantitative estimate of drug-likeness (QED) is 0.596. The summed E-state index contributed by atoms with van der Waals surface area (Å²) >= 11 is 0. The van der Waals surface area contributed by atoms with Crippen molar-refractivity contribution in [2.45, 2.75) is 7.43 Å². The van der Waals surface area contributed by atoms with Gasteiger partial charge in [-0.05, 0) is 12.1 Å². The zero-order chi connectivity index (χ0) is 6.10. The molecular formula is C7H9N3. The van der Waals surface area contributed by atoms with Crippen LogP contribution in [0.1, 0.15) is 7.43 Å². The Balaban J connectivity index is 0.000000500. The van der Waals surface area contributed by atoms with Crippen LogP contribution in [0.5, 0.6) is 0 Å². The average molecular weight is 135 g/mol. The highest BCUT2D eigenvalue weighted by atomic mass is 15.1. The van der Waals surface area contributed by atoms with Gasteiger partial charge in [-0.1, -0.05) is 7.43 Å². The maximum Gasteiger partial charge on any atom is 0.155 e. The molecule has 3 heteroatoms. The third-order valence-corrected chi connectivity index (χ3v) is 1.21. The van der Waals surface area contributed by atoms with Crippen molar-refractivity contribution in [2.24, 2.45) is 0 Å². The van der Waals surface area contributed by atoms with E-state index in [4.69, 9.17) is 0 Å². The molecule has 0 aliphatic heterocycles. The Labute approximate surface area is 59.1 Å². The predicted molar refractivity (Wildman–Crippen MR) is 40.6 cm³/mol. The van der Waals surface area contributed by atoms with Gasteiger partial charge < -0.3 is 0 Å². The largest absolute Gasteiger partial charge is 0.261 e. The van der Waals surface area contributed by atoms with E-state index >= 15 is 0 Å². The first-order valence-corrected chi connectivity index (χ1v) is 2.71. The number of H-pyrrole nitrogens is 1. The zero-order valence-electron chi connectivity index (χ0n) is 4.70. The van der Waals surface area contributed by atoms with E-state index in [0.717, 1.165) is 11.0 Å². The summed E-state index contributed by atoms with van der Waals surface area (Å²) in [5.74, 6) is 0. The van der Waals surface area contributed by atoms with Gasteiger partial charge >= 0.3 is 0 Å². The number of fused-ring (bicyclic) bond motifs is 1. The van der Waals surface area contributed by atoms with Gasteiger partial charge in [0.15, 0.2) is 5.65 Å². The molecule has 0 saturated carbocycles. The molecule has 10 heavy (non-hydrogen) atoms. The minimum absolute atomic E-state index is 0. The molecule has 0 atom stereocenters. The van der Waals surface area contributed by atoms with E-state index in [1.54, 1.807) is 12.4 Å². The average Bonchev–Trinajstić information content (AvgIpc) is 2.33. The van der Waals surface area contributed by atoms with E-state index in [0.29, 0.717) is 0 Å². The van der Waals surface area contributed by atoms with Gasteiger partial charge in [-0.3, -0.25) is 5.10 Å². The summed E-state index contributed by atoms with van der Waals surface area (Å²) in [4.78, 5) is 4.02. The summed E-state index contributed by atoms with van der Waals surface area (Å²) < 4.78 is 0. The molecule has 2 heterocycles. The number of pyridine rings is 1. The number of nitrogens with one attached hydrogen (secondary N) is 1. The first-order chi connectivity index (χ1) is 4.47. The normalized spacial score (nSPS) is 9.20. The lowest BCUT2D eigenvalue weighted by atomic mass is 10.4. The van der Waals surface area contributed by atoms with Crippen molar-refractivity contribution in [3.05, 3.63) is 24.5 Å². The SMILES string of the molecule is C.c1cnc2[nH]ncc2c1. The van der Waals surface area contributed by atoms with Gasteiger partial charge in [0.2, 0.25) is 0 Å². The molecule has 2 rings (SSSR count). The summed E-state index contributed by atoms with van der Waals surface area (Å²) in [7, 11) is 0. The van der Waals surface area contributed by atoms with Crippen LogP contribution in [-0.4, -0.2) is 15.2 Å². The molecule has 0 aromatic carbocycles. The fraction of sp³-hybridized carbons (Fsp3) is 0.143. The molecule has 0 saturated heterocycles. The van der Waals surface area contributed by atoms with Crippen LogP contribution >= 0.6 is 0 Å². The van der Waals surface area contributed by atoms with Crippen LogP contribution in [0.3, 0.4) is 0 Å². The monoisotopic (exact) mass is 135 g/mol. The third-order valence-electron chi connectivity index (χ3n) is 1.21. The van der Waals surface area contributed by atoms with Crippen molar-refractivity contribution in [2.75, 3.05) is 0 Å². The lowest BCUT2D eigenvalue weighted by Crippen LogP contribution is -1.71. The van der Waals surface area contributed by atoms with Gasteiger partial charge in [0.05, 0.1) is 6.20 Å². The number of nitrogens with zero attached hydrogens (tertiary/aromatic N) is 2. The van der Waals surface area contributed by atoms with Crippen LogP contribution in [0.2, 0.25) is 0 Å². The van der Waals surface area contributed by atoms with Crippen molar-refractivity contribution >= 4 is 11.0 Å². The zero-order valence-corrected chi connectivity index (χ0v) is 4.70. The molecule has 2 aromatic rings. The van der Waals surface area contributed by atoms with E-state index in [2.05, 4.69) is 15.2 Å². The second-order valence-corrected chi connectivity index (χ2v) is 1.81. The smallest absolute Gasteiger partial charge is 0.155 e. The van der Waals surface area contributed by atoms with Crippen LogP contribution in [0, 0.1) is 0 Å².